The number of aliphatic hydroxyl groups is 1. The zero-order valence-electron chi connectivity index (χ0n) is 13.5. The summed E-state index contributed by atoms with van der Waals surface area (Å²) in [5.41, 5.74) is 2.40. The van der Waals surface area contributed by atoms with Gasteiger partial charge in [-0.1, -0.05) is 18.2 Å². The topological polar surface area (TPSA) is 76.5 Å². The van der Waals surface area contributed by atoms with Gasteiger partial charge in [-0.3, -0.25) is 4.79 Å². The van der Waals surface area contributed by atoms with E-state index in [2.05, 4.69) is 4.98 Å². The van der Waals surface area contributed by atoms with E-state index >= 15 is 0 Å². The van der Waals surface area contributed by atoms with Gasteiger partial charge in [0.25, 0.3) is 0 Å². The van der Waals surface area contributed by atoms with Crippen molar-refractivity contribution >= 4 is 17.3 Å². The largest absolute Gasteiger partial charge is 0.458 e. The Balaban J connectivity index is 1.72. The summed E-state index contributed by atoms with van der Waals surface area (Å²) in [6.45, 7) is 1.76. The van der Waals surface area contributed by atoms with Crippen LogP contribution in [0.3, 0.4) is 0 Å². The minimum Gasteiger partial charge on any atom is -0.458 e. The predicted molar refractivity (Wildman–Crippen MR) is 92.3 cm³/mol. The van der Waals surface area contributed by atoms with E-state index in [-0.39, 0.29) is 0 Å². The molecule has 25 heavy (non-hydrogen) atoms. The van der Waals surface area contributed by atoms with Crippen LogP contribution in [0.5, 0.6) is 0 Å². The van der Waals surface area contributed by atoms with E-state index in [9.17, 15) is 9.90 Å². The molecule has 0 saturated carbocycles. The number of fused-ring (bicyclic) bond motifs is 1. The lowest BCUT2D eigenvalue weighted by Crippen LogP contribution is -2.00. The summed E-state index contributed by atoms with van der Waals surface area (Å²) in [6, 6.07) is 16.3. The number of nitrogens with zero attached hydrogens (tertiary/aromatic N) is 1. The molecule has 124 valence electrons. The summed E-state index contributed by atoms with van der Waals surface area (Å²) >= 11 is 0. The van der Waals surface area contributed by atoms with Gasteiger partial charge in [0.05, 0.1) is 0 Å². The Kier molecular flexibility index (Phi) is 3.71. The predicted octanol–water partition coefficient (Wildman–Crippen LogP) is 4.29. The normalized spacial score (nSPS) is 12.4. The van der Waals surface area contributed by atoms with Crippen molar-refractivity contribution in [2.24, 2.45) is 0 Å². The van der Waals surface area contributed by atoms with Crippen molar-refractivity contribution < 1.29 is 18.7 Å². The van der Waals surface area contributed by atoms with Gasteiger partial charge in [0.1, 0.15) is 29.1 Å². The molecule has 0 aliphatic carbocycles. The fourth-order valence-corrected chi connectivity index (χ4v) is 2.79. The summed E-state index contributed by atoms with van der Waals surface area (Å²) in [6.07, 6.45) is -0.274. The summed E-state index contributed by atoms with van der Waals surface area (Å²) in [5, 5.41) is 11.4. The molecule has 5 nitrogen and oxygen atoms in total. The van der Waals surface area contributed by atoms with Crippen LogP contribution in [0.2, 0.25) is 0 Å². The Morgan fingerprint density at radius 1 is 1.08 bits per heavy atom. The Morgan fingerprint density at radius 2 is 1.88 bits per heavy atom. The molecule has 1 N–H and O–H groups in total. The summed E-state index contributed by atoms with van der Waals surface area (Å²) in [4.78, 5) is 15.3. The third-order valence-electron chi connectivity index (χ3n) is 4.08. The number of furan rings is 1. The maximum absolute atomic E-state index is 10.9. The molecule has 1 atom stereocenters. The summed E-state index contributed by atoms with van der Waals surface area (Å²) < 4.78 is 11.4. The second-order valence-corrected chi connectivity index (χ2v) is 5.79. The quantitative estimate of drug-likeness (QED) is 0.564. The van der Waals surface area contributed by atoms with Gasteiger partial charge in [-0.2, -0.15) is 0 Å². The third-order valence-corrected chi connectivity index (χ3v) is 4.08. The van der Waals surface area contributed by atoms with Crippen molar-refractivity contribution in [3.63, 3.8) is 0 Å². The number of aliphatic hydroxyl groups excluding tert-OH is 1. The molecule has 0 aliphatic rings. The van der Waals surface area contributed by atoms with Gasteiger partial charge >= 0.3 is 0 Å². The highest BCUT2D eigenvalue weighted by Crippen LogP contribution is 2.32. The molecule has 2 aromatic heterocycles. The number of hydrogen-bond acceptors (Lipinski definition) is 5. The molecule has 0 radical (unpaired) electrons. The lowest BCUT2D eigenvalue weighted by Gasteiger charge is -2.03. The fraction of sp³-hybridized carbons (Fsp3) is 0.100. The van der Waals surface area contributed by atoms with Gasteiger partial charge in [0.2, 0.25) is 5.89 Å². The lowest BCUT2D eigenvalue weighted by atomic mass is 10.1. The van der Waals surface area contributed by atoms with Crippen LogP contribution in [0.4, 0.5) is 0 Å². The van der Waals surface area contributed by atoms with Crippen LogP contribution in [0.15, 0.2) is 63.4 Å². The van der Waals surface area contributed by atoms with Crippen LogP contribution in [0.1, 0.15) is 33.7 Å². The molecule has 4 aromatic rings. The molecule has 0 fully saturated rings. The molecule has 0 spiro atoms. The molecular formula is C20H15NO4. The Morgan fingerprint density at radius 3 is 2.64 bits per heavy atom. The molecule has 2 aromatic carbocycles. The standard InChI is InChI=1S/C20H15NO4/c1-12-18(21-20(24-12)14-5-3-2-4-6-14)19(23)17-10-15-9-13(11-22)7-8-16(15)25-17/h2-11,19,23H,1H3. The number of rotatable bonds is 4. The van der Waals surface area contributed by atoms with Crippen molar-refractivity contribution in [3.05, 3.63) is 77.4 Å². The van der Waals surface area contributed by atoms with Gasteiger partial charge in [0.15, 0.2) is 6.10 Å². The first-order chi connectivity index (χ1) is 12.2. The molecule has 2 heterocycles. The molecular weight excluding hydrogens is 318 g/mol. The molecule has 4 rings (SSSR count). The van der Waals surface area contributed by atoms with Crippen LogP contribution >= 0.6 is 0 Å². The first-order valence-electron chi connectivity index (χ1n) is 7.85. The number of aromatic nitrogens is 1. The van der Waals surface area contributed by atoms with E-state index in [1.165, 1.54) is 0 Å². The summed E-state index contributed by atoms with van der Waals surface area (Å²) in [7, 11) is 0. The van der Waals surface area contributed by atoms with E-state index in [1.807, 2.05) is 30.3 Å². The van der Waals surface area contributed by atoms with Gasteiger partial charge in [-0.05, 0) is 43.3 Å². The van der Waals surface area contributed by atoms with Crippen molar-refractivity contribution in [2.75, 3.05) is 0 Å². The van der Waals surface area contributed by atoms with Gasteiger partial charge in [-0.25, -0.2) is 4.98 Å². The number of aryl methyl sites for hydroxylation is 1. The van der Waals surface area contributed by atoms with E-state index in [0.29, 0.717) is 34.3 Å². The van der Waals surface area contributed by atoms with E-state index in [1.54, 1.807) is 31.2 Å². The monoisotopic (exact) mass is 333 g/mol. The molecule has 0 saturated heterocycles. The minimum atomic E-state index is -1.05. The number of oxazole rings is 1. The first-order valence-corrected chi connectivity index (χ1v) is 7.85. The second kappa shape index (κ2) is 6.03. The number of carbonyl (C=O) groups is 1. The van der Waals surface area contributed by atoms with E-state index in [4.69, 9.17) is 8.83 Å². The van der Waals surface area contributed by atoms with Crippen molar-refractivity contribution in [1.82, 2.24) is 4.98 Å². The van der Waals surface area contributed by atoms with Crippen LogP contribution in [0, 0.1) is 6.92 Å². The van der Waals surface area contributed by atoms with E-state index in [0.717, 1.165) is 17.2 Å². The molecule has 0 amide bonds. The second-order valence-electron chi connectivity index (χ2n) is 5.79. The lowest BCUT2D eigenvalue weighted by molar-refractivity contribution is 0.112. The van der Waals surface area contributed by atoms with Crippen molar-refractivity contribution in [3.8, 4) is 11.5 Å². The maximum Gasteiger partial charge on any atom is 0.226 e. The minimum absolute atomic E-state index is 0.356. The van der Waals surface area contributed by atoms with Gasteiger partial charge in [0, 0.05) is 16.5 Å². The fourth-order valence-electron chi connectivity index (χ4n) is 2.79. The Hall–Kier alpha value is -3.18. The number of aldehydes is 1. The Bertz CT molecular complexity index is 1050. The van der Waals surface area contributed by atoms with Crippen molar-refractivity contribution in [1.29, 1.82) is 0 Å². The highest BCUT2D eigenvalue weighted by Gasteiger charge is 2.23. The highest BCUT2D eigenvalue weighted by molar-refractivity contribution is 5.86. The maximum atomic E-state index is 10.9. The van der Waals surface area contributed by atoms with Gasteiger partial charge < -0.3 is 13.9 Å². The van der Waals surface area contributed by atoms with Crippen molar-refractivity contribution in [2.45, 2.75) is 13.0 Å². The SMILES string of the molecule is Cc1oc(-c2ccccc2)nc1C(O)c1cc2cc(C=O)ccc2o1. The van der Waals surface area contributed by atoms with Crippen LogP contribution in [-0.4, -0.2) is 16.4 Å². The number of hydrogen-bond donors (Lipinski definition) is 1. The highest BCUT2D eigenvalue weighted by atomic mass is 16.4. The molecule has 5 heteroatoms. The van der Waals surface area contributed by atoms with Gasteiger partial charge in [-0.15, -0.1) is 0 Å². The smallest absolute Gasteiger partial charge is 0.226 e. The molecule has 1 unspecified atom stereocenters. The molecule has 0 bridgehead atoms. The van der Waals surface area contributed by atoms with Crippen LogP contribution in [-0.2, 0) is 0 Å². The third kappa shape index (κ3) is 2.75. The first kappa shape index (κ1) is 15.4. The van der Waals surface area contributed by atoms with Crippen LogP contribution < -0.4 is 0 Å². The van der Waals surface area contributed by atoms with Crippen LogP contribution in [0.25, 0.3) is 22.4 Å². The van der Waals surface area contributed by atoms with E-state index < -0.39 is 6.10 Å². The number of carbonyl (C=O) groups excluding carboxylic acids is 1. The zero-order chi connectivity index (χ0) is 17.4. The molecule has 0 aliphatic heterocycles. The summed E-state index contributed by atoms with van der Waals surface area (Å²) in [5.74, 6) is 1.33. The average molecular weight is 333 g/mol. The number of benzene rings is 2. The zero-order valence-corrected chi connectivity index (χ0v) is 13.5. The average Bonchev–Trinajstić information content (AvgIpc) is 3.24. The Labute approximate surface area is 143 Å².